The zero-order valence-corrected chi connectivity index (χ0v) is 9.82. The van der Waals surface area contributed by atoms with Gasteiger partial charge in [-0.15, -0.1) is 5.10 Å². The molecule has 1 unspecified atom stereocenters. The van der Waals surface area contributed by atoms with Crippen LogP contribution in [0.25, 0.3) is 0 Å². The number of rotatable bonds is 3. The summed E-state index contributed by atoms with van der Waals surface area (Å²) < 4.78 is 1.92. The van der Waals surface area contributed by atoms with Crippen LogP contribution in [0.5, 0.6) is 0 Å². The molecule has 2 rings (SSSR count). The van der Waals surface area contributed by atoms with Crippen molar-refractivity contribution in [1.82, 2.24) is 20.3 Å². The maximum atomic E-state index is 9.05. The molecule has 0 aliphatic carbocycles. The van der Waals surface area contributed by atoms with E-state index < -0.39 is 0 Å². The number of aliphatic hydroxyl groups excluding tert-OH is 1. The summed E-state index contributed by atoms with van der Waals surface area (Å²) in [6.45, 7) is 5.05. The Labute approximate surface area is 95.8 Å². The van der Waals surface area contributed by atoms with Crippen LogP contribution in [-0.4, -0.2) is 33.2 Å². The molecule has 1 aromatic rings. The van der Waals surface area contributed by atoms with E-state index >= 15 is 0 Å². The van der Waals surface area contributed by atoms with Gasteiger partial charge in [-0.05, 0) is 38.8 Å². The van der Waals surface area contributed by atoms with Crippen LogP contribution in [0.3, 0.4) is 0 Å². The molecule has 1 atom stereocenters. The number of hydrogen-bond donors (Lipinski definition) is 2. The Balaban J connectivity index is 1.99. The monoisotopic (exact) mass is 224 g/mol. The summed E-state index contributed by atoms with van der Waals surface area (Å²) in [5.41, 5.74) is 1.69. The average molecular weight is 224 g/mol. The minimum atomic E-state index is -0.0191. The molecule has 5 heteroatoms. The van der Waals surface area contributed by atoms with Gasteiger partial charge in [-0.2, -0.15) is 0 Å². The zero-order chi connectivity index (χ0) is 11.4. The van der Waals surface area contributed by atoms with Crippen molar-refractivity contribution in [2.24, 2.45) is 5.92 Å². The maximum absolute atomic E-state index is 9.05. The molecule has 1 fully saturated rings. The lowest BCUT2D eigenvalue weighted by molar-refractivity contribution is 0.275. The Morgan fingerprint density at radius 1 is 1.50 bits per heavy atom. The first-order valence-corrected chi connectivity index (χ1v) is 6.02. The van der Waals surface area contributed by atoms with E-state index in [1.165, 1.54) is 19.3 Å². The lowest BCUT2D eigenvalue weighted by Crippen LogP contribution is -2.24. The summed E-state index contributed by atoms with van der Waals surface area (Å²) in [7, 11) is 0. The fourth-order valence-corrected chi connectivity index (χ4v) is 2.21. The van der Waals surface area contributed by atoms with Crippen molar-refractivity contribution >= 4 is 0 Å². The van der Waals surface area contributed by atoms with Crippen LogP contribution in [0.1, 0.15) is 30.7 Å². The molecule has 5 nitrogen and oxygen atoms in total. The highest BCUT2D eigenvalue weighted by molar-refractivity contribution is 5.06. The maximum Gasteiger partial charge on any atom is 0.111 e. The molecule has 0 amide bonds. The highest BCUT2D eigenvalue weighted by atomic mass is 16.3. The topological polar surface area (TPSA) is 63.0 Å². The number of aromatic nitrogens is 3. The molecule has 0 bridgehead atoms. The second kappa shape index (κ2) is 5.41. The largest absolute Gasteiger partial charge is 0.390 e. The van der Waals surface area contributed by atoms with Crippen molar-refractivity contribution < 1.29 is 5.11 Å². The standard InChI is InChI=1S/C11H20N4O/c1-9-11(8-16)13-14-15(9)7-10-4-2-3-5-12-6-10/h10,12,16H,2-8H2,1H3. The summed E-state index contributed by atoms with van der Waals surface area (Å²) >= 11 is 0. The first kappa shape index (κ1) is 11.5. The van der Waals surface area contributed by atoms with Crippen LogP contribution >= 0.6 is 0 Å². The van der Waals surface area contributed by atoms with Crippen molar-refractivity contribution in [3.05, 3.63) is 11.4 Å². The quantitative estimate of drug-likeness (QED) is 0.783. The summed E-state index contributed by atoms with van der Waals surface area (Å²) in [5.74, 6) is 0.634. The predicted molar refractivity (Wildman–Crippen MR) is 60.9 cm³/mol. The molecule has 0 aromatic carbocycles. The van der Waals surface area contributed by atoms with Crippen molar-refractivity contribution in [2.75, 3.05) is 13.1 Å². The molecule has 1 aliphatic heterocycles. The number of nitrogens with zero attached hydrogens (tertiary/aromatic N) is 3. The number of nitrogens with one attached hydrogen (secondary N) is 1. The van der Waals surface area contributed by atoms with Gasteiger partial charge in [0.2, 0.25) is 0 Å². The van der Waals surface area contributed by atoms with Gasteiger partial charge in [0.25, 0.3) is 0 Å². The third-order valence-corrected chi connectivity index (χ3v) is 3.31. The van der Waals surface area contributed by atoms with Crippen molar-refractivity contribution in [3.8, 4) is 0 Å². The molecule has 16 heavy (non-hydrogen) atoms. The zero-order valence-electron chi connectivity index (χ0n) is 9.82. The first-order valence-electron chi connectivity index (χ1n) is 6.02. The lowest BCUT2D eigenvalue weighted by atomic mass is 10.0. The highest BCUT2D eigenvalue weighted by Gasteiger charge is 2.15. The third-order valence-electron chi connectivity index (χ3n) is 3.31. The minimum absolute atomic E-state index is 0.0191. The Hall–Kier alpha value is -0.940. The van der Waals surface area contributed by atoms with Gasteiger partial charge in [0.05, 0.1) is 12.3 Å². The molecule has 0 spiro atoms. The molecule has 0 radical (unpaired) electrons. The van der Waals surface area contributed by atoms with E-state index in [9.17, 15) is 0 Å². The van der Waals surface area contributed by atoms with E-state index in [1.54, 1.807) is 0 Å². The highest BCUT2D eigenvalue weighted by Crippen LogP contribution is 2.14. The van der Waals surface area contributed by atoms with E-state index in [-0.39, 0.29) is 6.61 Å². The van der Waals surface area contributed by atoms with E-state index in [1.807, 2.05) is 11.6 Å². The van der Waals surface area contributed by atoms with Crippen LogP contribution < -0.4 is 5.32 Å². The van der Waals surface area contributed by atoms with Crippen molar-refractivity contribution in [2.45, 2.75) is 39.3 Å². The smallest absolute Gasteiger partial charge is 0.111 e. The van der Waals surface area contributed by atoms with Gasteiger partial charge >= 0.3 is 0 Å². The normalized spacial score (nSPS) is 22.0. The van der Waals surface area contributed by atoms with Gasteiger partial charge in [0, 0.05) is 6.54 Å². The molecule has 2 N–H and O–H groups in total. The number of hydrogen-bond acceptors (Lipinski definition) is 4. The summed E-state index contributed by atoms with van der Waals surface area (Å²) in [6.07, 6.45) is 3.81. The van der Waals surface area contributed by atoms with Gasteiger partial charge in [-0.3, -0.25) is 0 Å². The lowest BCUT2D eigenvalue weighted by Gasteiger charge is -2.14. The second-order valence-corrected chi connectivity index (χ2v) is 4.53. The van der Waals surface area contributed by atoms with E-state index in [4.69, 9.17) is 5.11 Å². The van der Waals surface area contributed by atoms with Crippen LogP contribution in [-0.2, 0) is 13.2 Å². The molecule has 0 saturated carbocycles. The van der Waals surface area contributed by atoms with Crippen LogP contribution in [0.15, 0.2) is 0 Å². The Morgan fingerprint density at radius 2 is 2.38 bits per heavy atom. The summed E-state index contributed by atoms with van der Waals surface area (Å²) in [4.78, 5) is 0. The third kappa shape index (κ3) is 2.59. The molecule has 1 aromatic heterocycles. The van der Waals surface area contributed by atoms with Crippen LogP contribution in [0.4, 0.5) is 0 Å². The molecular formula is C11H20N4O. The molecule has 2 heterocycles. The molecule has 90 valence electrons. The minimum Gasteiger partial charge on any atom is -0.390 e. The molecular weight excluding hydrogens is 204 g/mol. The Kier molecular flexibility index (Phi) is 3.90. The van der Waals surface area contributed by atoms with Crippen molar-refractivity contribution in [3.63, 3.8) is 0 Å². The molecule has 1 aliphatic rings. The predicted octanol–water partition coefficient (Wildman–Crippen LogP) is 0.469. The van der Waals surface area contributed by atoms with Crippen LogP contribution in [0.2, 0.25) is 0 Å². The van der Waals surface area contributed by atoms with Gasteiger partial charge in [-0.1, -0.05) is 11.6 Å². The fourth-order valence-electron chi connectivity index (χ4n) is 2.21. The van der Waals surface area contributed by atoms with E-state index in [0.717, 1.165) is 25.3 Å². The summed E-state index contributed by atoms with van der Waals surface area (Å²) in [5, 5.41) is 20.6. The van der Waals surface area contributed by atoms with E-state index in [2.05, 4.69) is 15.6 Å². The Bertz CT molecular complexity index is 329. The van der Waals surface area contributed by atoms with Gasteiger partial charge in [0.1, 0.15) is 5.69 Å². The van der Waals surface area contributed by atoms with Gasteiger partial charge in [-0.25, -0.2) is 4.68 Å². The number of aliphatic hydroxyl groups is 1. The summed E-state index contributed by atoms with van der Waals surface area (Å²) in [6, 6.07) is 0. The SMILES string of the molecule is Cc1c(CO)nnn1CC1CCCCNC1. The van der Waals surface area contributed by atoms with Gasteiger partial charge in [0.15, 0.2) is 0 Å². The van der Waals surface area contributed by atoms with Crippen molar-refractivity contribution in [1.29, 1.82) is 0 Å². The second-order valence-electron chi connectivity index (χ2n) is 4.53. The van der Waals surface area contributed by atoms with Gasteiger partial charge < -0.3 is 10.4 Å². The van der Waals surface area contributed by atoms with E-state index in [0.29, 0.717) is 11.6 Å². The fraction of sp³-hybridized carbons (Fsp3) is 0.818. The average Bonchev–Trinajstić information content (AvgIpc) is 2.52. The van der Waals surface area contributed by atoms with Crippen LogP contribution in [0, 0.1) is 12.8 Å². The molecule has 1 saturated heterocycles. The first-order chi connectivity index (χ1) is 7.81. The Morgan fingerprint density at radius 3 is 3.12 bits per heavy atom.